The number of thioether (sulfide) groups is 1. The van der Waals surface area contributed by atoms with Gasteiger partial charge in [-0.15, -0.1) is 10.2 Å². The fourth-order valence-electron chi connectivity index (χ4n) is 2.01. The molecule has 0 aliphatic heterocycles. The van der Waals surface area contributed by atoms with E-state index in [0.717, 1.165) is 26.8 Å². The Morgan fingerprint density at radius 3 is 2.43 bits per heavy atom. The number of hydrogen-bond acceptors (Lipinski definition) is 3. The first-order valence-corrected chi connectivity index (χ1v) is 8.34. The van der Waals surface area contributed by atoms with Crippen molar-refractivity contribution in [2.45, 2.75) is 10.9 Å². The number of aromatic nitrogens is 3. The quantitative estimate of drug-likeness (QED) is 0.640. The van der Waals surface area contributed by atoms with Crippen LogP contribution in [-0.4, -0.2) is 14.8 Å². The van der Waals surface area contributed by atoms with Gasteiger partial charge in [-0.25, -0.2) is 0 Å². The lowest BCUT2D eigenvalue weighted by atomic mass is 10.2. The molecule has 0 atom stereocenters. The summed E-state index contributed by atoms with van der Waals surface area (Å²) in [6, 6.07) is 18.5. The van der Waals surface area contributed by atoms with Crippen molar-refractivity contribution in [3.05, 3.63) is 64.6 Å². The molecule has 2 aromatic carbocycles. The number of halogens is 1. The number of benzene rings is 2. The van der Waals surface area contributed by atoms with Gasteiger partial charge in [0.25, 0.3) is 0 Å². The van der Waals surface area contributed by atoms with Crippen LogP contribution in [-0.2, 0) is 12.8 Å². The smallest absolute Gasteiger partial charge is 0.191 e. The van der Waals surface area contributed by atoms with E-state index in [1.165, 1.54) is 5.56 Å². The number of hydrogen-bond donors (Lipinski definition) is 0. The minimum absolute atomic E-state index is 0.883. The first kappa shape index (κ1) is 14.4. The Labute approximate surface area is 136 Å². The maximum atomic E-state index is 4.30. The van der Waals surface area contributed by atoms with Crippen molar-refractivity contribution in [1.29, 1.82) is 0 Å². The van der Waals surface area contributed by atoms with Crippen LogP contribution in [0.5, 0.6) is 0 Å². The van der Waals surface area contributed by atoms with E-state index in [0.29, 0.717) is 0 Å². The summed E-state index contributed by atoms with van der Waals surface area (Å²) in [7, 11) is 2.01. The van der Waals surface area contributed by atoms with Gasteiger partial charge in [0.15, 0.2) is 11.0 Å². The summed E-state index contributed by atoms with van der Waals surface area (Å²) in [4.78, 5) is 0. The fraction of sp³-hybridized carbons (Fsp3) is 0.125. The van der Waals surface area contributed by atoms with Crippen molar-refractivity contribution >= 4 is 27.7 Å². The van der Waals surface area contributed by atoms with Crippen LogP contribution >= 0.6 is 27.7 Å². The largest absolute Gasteiger partial charge is 0.305 e. The van der Waals surface area contributed by atoms with Crippen LogP contribution in [0.2, 0.25) is 0 Å². The SMILES string of the molecule is Cn1c(SCc2ccc(Br)cc2)nnc1-c1ccccc1. The first-order valence-electron chi connectivity index (χ1n) is 6.56. The second-order valence-electron chi connectivity index (χ2n) is 4.65. The van der Waals surface area contributed by atoms with E-state index in [9.17, 15) is 0 Å². The summed E-state index contributed by atoms with van der Waals surface area (Å²) in [6.07, 6.45) is 0. The summed E-state index contributed by atoms with van der Waals surface area (Å²) in [6.45, 7) is 0. The molecule has 1 heterocycles. The van der Waals surface area contributed by atoms with Crippen molar-refractivity contribution in [2.75, 3.05) is 0 Å². The molecule has 3 nitrogen and oxygen atoms in total. The summed E-state index contributed by atoms with van der Waals surface area (Å²) in [5.41, 5.74) is 2.36. The molecule has 3 aromatic rings. The zero-order valence-corrected chi connectivity index (χ0v) is 13.9. The predicted molar refractivity (Wildman–Crippen MR) is 90.1 cm³/mol. The Hall–Kier alpha value is -1.59. The van der Waals surface area contributed by atoms with Crippen LogP contribution in [0.3, 0.4) is 0 Å². The topological polar surface area (TPSA) is 30.7 Å². The van der Waals surface area contributed by atoms with Crippen LogP contribution in [0.25, 0.3) is 11.4 Å². The average molecular weight is 360 g/mol. The Balaban J connectivity index is 1.75. The average Bonchev–Trinajstić information content (AvgIpc) is 2.89. The molecule has 0 aliphatic rings. The van der Waals surface area contributed by atoms with E-state index in [1.54, 1.807) is 11.8 Å². The lowest BCUT2D eigenvalue weighted by Crippen LogP contribution is -1.94. The van der Waals surface area contributed by atoms with Crippen molar-refractivity contribution < 1.29 is 0 Å². The maximum Gasteiger partial charge on any atom is 0.191 e. The van der Waals surface area contributed by atoms with Crippen LogP contribution in [0.1, 0.15) is 5.56 Å². The Kier molecular flexibility index (Phi) is 4.41. The van der Waals surface area contributed by atoms with Gasteiger partial charge in [0.2, 0.25) is 0 Å². The molecule has 0 unspecified atom stereocenters. The van der Waals surface area contributed by atoms with Gasteiger partial charge in [0.05, 0.1) is 0 Å². The van der Waals surface area contributed by atoms with E-state index >= 15 is 0 Å². The normalized spacial score (nSPS) is 10.8. The van der Waals surface area contributed by atoms with Crippen LogP contribution in [0.15, 0.2) is 64.2 Å². The maximum absolute atomic E-state index is 4.30. The molecule has 0 saturated heterocycles. The Bertz CT molecular complexity index is 723. The predicted octanol–water partition coefficient (Wildman–Crippen LogP) is 4.54. The van der Waals surface area contributed by atoms with Crippen LogP contribution < -0.4 is 0 Å². The van der Waals surface area contributed by atoms with E-state index in [-0.39, 0.29) is 0 Å². The van der Waals surface area contributed by atoms with Crippen molar-refractivity contribution in [1.82, 2.24) is 14.8 Å². The van der Waals surface area contributed by atoms with E-state index in [2.05, 4.69) is 50.4 Å². The van der Waals surface area contributed by atoms with Crippen molar-refractivity contribution in [3.8, 4) is 11.4 Å². The van der Waals surface area contributed by atoms with Gasteiger partial charge in [-0.2, -0.15) is 0 Å². The highest BCUT2D eigenvalue weighted by atomic mass is 79.9. The number of nitrogens with zero attached hydrogens (tertiary/aromatic N) is 3. The lowest BCUT2D eigenvalue weighted by molar-refractivity contribution is 0.794. The molecule has 21 heavy (non-hydrogen) atoms. The Morgan fingerprint density at radius 2 is 1.71 bits per heavy atom. The van der Waals surface area contributed by atoms with Gasteiger partial charge >= 0.3 is 0 Å². The summed E-state index contributed by atoms with van der Waals surface area (Å²) in [5, 5.41) is 9.52. The highest BCUT2D eigenvalue weighted by Crippen LogP contribution is 2.25. The monoisotopic (exact) mass is 359 g/mol. The highest BCUT2D eigenvalue weighted by Gasteiger charge is 2.10. The van der Waals surface area contributed by atoms with Gasteiger partial charge in [0.1, 0.15) is 0 Å². The molecule has 0 aliphatic carbocycles. The van der Waals surface area contributed by atoms with E-state index in [1.807, 2.05) is 41.9 Å². The lowest BCUT2D eigenvalue weighted by Gasteiger charge is -2.04. The van der Waals surface area contributed by atoms with E-state index in [4.69, 9.17) is 0 Å². The van der Waals surface area contributed by atoms with Gasteiger partial charge < -0.3 is 4.57 Å². The zero-order chi connectivity index (χ0) is 14.7. The molecule has 0 bridgehead atoms. The second kappa shape index (κ2) is 6.45. The third-order valence-electron chi connectivity index (χ3n) is 3.15. The summed E-state index contributed by atoms with van der Waals surface area (Å²) in [5.74, 6) is 1.78. The van der Waals surface area contributed by atoms with Gasteiger partial charge in [0, 0.05) is 22.8 Å². The molecule has 0 N–H and O–H groups in total. The van der Waals surface area contributed by atoms with Gasteiger partial charge in [-0.1, -0.05) is 70.2 Å². The third kappa shape index (κ3) is 3.36. The summed E-state index contributed by atoms with van der Waals surface area (Å²) < 4.78 is 3.14. The highest BCUT2D eigenvalue weighted by molar-refractivity contribution is 9.10. The molecule has 0 spiro atoms. The molecule has 0 radical (unpaired) electrons. The fourth-order valence-corrected chi connectivity index (χ4v) is 3.14. The molecule has 3 rings (SSSR count). The van der Waals surface area contributed by atoms with E-state index < -0.39 is 0 Å². The first-order chi connectivity index (χ1) is 10.2. The molecule has 5 heteroatoms. The summed E-state index contributed by atoms with van der Waals surface area (Å²) >= 11 is 5.14. The standard InChI is InChI=1S/C16H14BrN3S/c1-20-15(13-5-3-2-4-6-13)18-19-16(20)21-11-12-7-9-14(17)10-8-12/h2-10H,11H2,1H3. The molecule has 0 fully saturated rings. The molecule has 106 valence electrons. The van der Waals surface area contributed by atoms with Gasteiger partial charge in [-0.3, -0.25) is 0 Å². The van der Waals surface area contributed by atoms with Crippen LogP contribution in [0, 0.1) is 0 Å². The molecule has 0 amide bonds. The Morgan fingerprint density at radius 1 is 1.00 bits per heavy atom. The minimum Gasteiger partial charge on any atom is -0.305 e. The van der Waals surface area contributed by atoms with Crippen molar-refractivity contribution in [2.24, 2.45) is 7.05 Å². The molecule has 0 saturated carbocycles. The third-order valence-corrected chi connectivity index (χ3v) is 4.77. The second-order valence-corrected chi connectivity index (χ2v) is 6.50. The minimum atomic E-state index is 0.883. The molecular formula is C16H14BrN3S. The number of rotatable bonds is 4. The molecule has 1 aromatic heterocycles. The van der Waals surface area contributed by atoms with Crippen molar-refractivity contribution in [3.63, 3.8) is 0 Å². The zero-order valence-electron chi connectivity index (χ0n) is 11.5. The van der Waals surface area contributed by atoms with Crippen LogP contribution in [0.4, 0.5) is 0 Å². The molecular weight excluding hydrogens is 346 g/mol. The van der Waals surface area contributed by atoms with Gasteiger partial charge in [-0.05, 0) is 17.7 Å².